The summed E-state index contributed by atoms with van der Waals surface area (Å²) in [7, 11) is 0. The highest BCUT2D eigenvalue weighted by Crippen LogP contribution is 2.22. The summed E-state index contributed by atoms with van der Waals surface area (Å²) in [5.74, 6) is 0.648. The minimum absolute atomic E-state index is 0.648. The third kappa shape index (κ3) is 10.0. The van der Waals surface area contributed by atoms with E-state index in [1.807, 2.05) is 0 Å². The first-order valence-electron chi connectivity index (χ1n) is 11.3. The lowest BCUT2D eigenvalue weighted by Crippen LogP contribution is -1.98. The first-order chi connectivity index (χ1) is 12.7. The summed E-state index contributed by atoms with van der Waals surface area (Å²) >= 11 is 6.12. The number of hydrogen-bond acceptors (Lipinski definition) is 0. The van der Waals surface area contributed by atoms with Gasteiger partial charge in [0.05, 0.1) is 0 Å². The van der Waals surface area contributed by atoms with Gasteiger partial charge in [0, 0.05) is 5.88 Å². The van der Waals surface area contributed by atoms with Crippen molar-refractivity contribution in [3.63, 3.8) is 0 Å². The maximum Gasteiger partial charge on any atom is 0.0476 e. The highest BCUT2D eigenvalue weighted by atomic mass is 35.5. The van der Waals surface area contributed by atoms with Gasteiger partial charge in [0.15, 0.2) is 0 Å². The fraction of sp³-hybridized carbons (Fsp3) is 0.760. The molecule has 1 aromatic rings. The van der Waals surface area contributed by atoms with Gasteiger partial charge in [0.2, 0.25) is 0 Å². The van der Waals surface area contributed by atoms with Crippen LogP contribution in [0.4, 0.5) is 0 Å². The van der Waals surface area contributed by atoms with Crippen molar-refractivity contribution in [2.75, 3.05) is 0 Å². The number of hydrogen-bond donors (Lipinski definition) is 0. The van der Waals surface area contributed by atoms with E-state index in [4.69, 9.17) is 11.6 Å². The molecule has 0 aromatic heterocycles. The molecule has 0 aliphatic heterocycles. The summed E-state index contributed by atoms with van der Waals surface area (Å²) in [5, 5.41) is 0. The molecule has 0 amide bonds. The van der Waals surface area contributed by atoms with Crippen LogP contribution >= 0.6 is 11.6 Å². The van der Waals surface area contributed by atoms with Crippen LogP contribution < -0.4 is 0 Å². The van der Waals surface area contributed by atoms with Gasteiger partial charge in [0.25, 0.3) is 0 Å². The van der Waals surface area contributed by atoms with E-state index < -0.39 is 0 Å². The van der Waals surface area contributed by atoms with Gasteiger partial charge < -0.3 is 0 Å². The normalized spacial score (nSPS) is 11.2. The minimum atomic E-state index is 0.648. The van der Waals surface area contributed by atoms with E-state index in [0.717, 1.165) is 0 Å². The Hall–Kier alpha value is -0.490. The average Bonchev–Trinajstić information content (AvgIpc) is 2.65. The van der Waals surface area contributed by atoms with E-state index in [9.17, 15) is 0 Å². The molecule has 0 nitrogen and oxygen atoms in total. The molecular formula is C25H43Cl. The Morgan fingerprint density at radius 2 is 1.12 bits per heavy atom. The molecule has 1 aromatic carbocycles. The lowest BCUT2D eigenvalue weighted by molar-refractivity contribution is 0.535. The topological polar surface area (TPSA) is 0 Å². The maximum absolute atomic E-state index is 6.12. The molecule has 0 spiro atoms. The van der Waals surface area contributed by atoms with Gasteiger partial charge in [-0.1, -0.05) is 103 Å². The van der Waals surface area contributed by atoms with Crippen molar-refractivity contribution in [1.29, 1.82) is 0 Å². The van der Waals surface area contributed by atoms with E-state index >= 15 is 0 Å². The van der Waals surface area contributed by atoms with Crippen LogP contribution in [-0.2, 0) is 12.3 Å². The molecule has 0 saturated carbocycles. The van der Waals surface area contributed by atoms with E-state index in [-0.39, 0.29) is 0 Å². The predicted octanol–water partition coefficient (Wildman–Crippen LogP) is 9.07. The van der Waals surface area contributed by atoms with Crippen molar-refractivity contribution in [1.82, 2.24) is 0 Å². The molecule has 0 N–H and O–H groups in total. The summed E-state index contributed by atoms with van der Waals surface area (Å²) in [4.78, 5) is 0. The quantitative estimate of drug-likeness (QED) is 0.199. The standard InChI is InChI=1S/C25H43Cl/c1-4-5-6-7-8-9-10-11-12-13-14-15-16-17-18-25-23(3)22(2)19-20-24(25)21-26/h19-20H,4-18,21H2,1-3H3. The molecule has 0 saturated heterocycles. The third-order valence-electron chi connectivity index (χ3n) is 5.89. The Bertz CT molecular complexity index is 463. The molecule has 0 heterocycles. The zero-order valence-electron chi connectivity index (χ0n) is 17.8. The van der Waals surface area contributed by atoms with Crippen LogP contribution in [0.5, 0.6) is 0 Å². The van der Waals surface area contributed by atoms with Gasteiger partial charge in [-0.05, 0) is 48.9 Å². The molecule has 150 valence electrons. The molecule has 0 atom stereocenters. The third-order valence-corrected chi connectivity index (χ3v) is 6.18. The second-order valence-corrected chi connectivity index (χ2v) is 8.39. The first-order valence-corrected chi connectivity index (χ1v) is 11.9. The zero-order chi connectivity index (χ0) is 19.0. The zero-order valence-corrected chi connectivity index (χ0v) is 18.6. The summed E-state index contributed by atoms with van der Waals surface area (Å²) in [6.07, 6.45) is 21.1. The Morgan fingerprint density at radius 3 is 1.58 bits per heavy atom. The van der Waals surface area contributed by atoms with Crippen LogP contribution in [0.25, 0.3) is 0 Å². The van der Waals surface area contributed by atoms with Crippen LogP contribution in [0.1, 0.15) is 119 Å². The monoisotopic (exact) mass is 378 g/mol. The van der Waals surface area contributed by atoms with Gasteiger partial charge >= 0.3 is 0 Å². The molecule has 0 unspecified atom stereocenters. The molecule has 1 rings (SSSR count). The lowest BCUT2D eigenvalue weighted by atomic mass is 9.94. The number of benzene rings is 1. The van der Waals surface area contributed by atoms with Crippen molar-refractivity contribution in [3.8, 4) is 0 Å². The number of alkyl halides is 1. The smallest absolute Gasteiger partial charge is 0.0476 e. The Kier molecular flexibility index (Phi) is 14.1. The fourth-order valence-electron chi connectivity index (χ4n) is 3.90. The van der Waals surface area contributed by atoms with Crippen molar-refractivity contribution >= 4 is 11.6 Å². The van der Waals surface area contributed by atoms with Crippen molar-refractivity contribution in [2.24, 2.45) is 0 Å². The fourth-order valence-corrected chi connectivity index (χ4v) is 4.15. The van der Waals surface area contributed by atoms with Crippen LogP contribution in [-0.4, -0.2) is 0 Å². The Morgan fingerprint density at radius 1 is 0.654 bits per heavy atom. The van der Waals surface area contributed by atoms with Crippen LogP contribution in [0.2, 0.25) is 0 Å². The van der Waals surface area contributed by atoms with Crippen LogP contribution in [0.3, 0.4) is 0 Å². The van der Waals surface area contributed by atoms with E-state index in [1.54, 1.807) is 0 Å². The Balaban J connectivity index is 1.98. The number of unbranched alkanes of at least 4 members (excludes halogenated alkanes) is 13. The SMILES string of the molecule is CCCCCCCCCCCCCCCCc1c(CCl)ccc(C)c1C. The molecule has 0 radical (unpaired) electrons. The molecule has 1 heteroatoms. The molecule has 0 bridgehead atoms. The van der Waals surface area contributed by atoms with Crippen LogP contribution in [0.15, 0.2) is 12.1 Å². The van der Waals surface area contributed by atoms with Gasteiger partial charge in [-0.2, -0.15) is 0 Å². The molecule has 0 aliphatic carbocycles. The van der Waals surface area contributed by atoms with Crippen molar-refractivity contribution in [2.45, 2.75) is 123 Å². The molecule has 0 aliphatic rings. The highest BCUT2D eigenvalue weighted by molar-refractivity contribution is 6.17. The molecule has 26 heavy (non-hydrogen) atoms. The maximum atomic E-state index is 6.12. The number of aryl methyl sites for hydroxylation is 1. The largest absolute Gasteiger partial charge is 0.122 e. The average molecular weight is 379 g/mol. The van der Waals surface area contributed by atoms with Crippen molar-refractivity contribution < 1.29 is 0 Å². The number of halogens is 1. The first kappa shape index (κ1) is 23.5. The summed E-state index contributed by atoms with van der Waals surface area (Å²) in [6.45, 7) is 6.76. The molecule has 0 fully saturated rings. The van der Waals surface area contributed by atoms with Crippen LogP contribution in [0, 0.1) is 13.8 Å². The van der Waals surface area contributed by atoms with E-state index in [1.165, 1.54) is 119 Å². The van der Waals surface area contributed by atoms with Crippen molar-refractivity contribution in [3.05, 3.63) is 34.4 Å². The summed E-state index contributed by atoms with van der Waals surface area (Å²) < 4.78 is 0. The summed E-state index contributed by atoms with van der Waals surface area (Å²) in [6, 6.07) is 4.43. The second-order valence-electron chi connectivity index (χ2n) is 8.12. The minimum Gasteiger partial charge on any atom is -0.122 e. The lowest BCUT2D eigenvalue weighted by Gasteiger charge is -2.13. The van der Waals surface area contributed by atoms with E-state index in [0.29, 0.717) is 5.88 Å². The van der Waals surface area contributed by atoms with Gasteiger partial charge in [0.1, 0.15) is 0 Å². The van der Waals surface area contributed by atoms with Gasteiger partial charge in [-0.25, -0.2) is 0 Å². The summed E-state index contributed by atoms with van der Waals surface area (Å²) in [5.41, 5.74) is 5.71. The molecular weight excluding hydrogens is 336 g/mol. The van der Waals surface area contributed by atoms with Gasteiger partial charge in [-0.3, -0.25) is 0 Å². The highest BCUT2D eigenvalue weighted by Gasteiger charge is 2.07. The number of rotatable bonds is 16. The van der Waals surface area contributed by atoms with E-state index in [2.05, 4.69) is 32.9 Å². The Labute approximate surface area is 169 Å². The van der Waals surface area contributed by atoms with Gasteiger partial charge in [-0.15, -0.1) is 11.6 Å². The second kappa shape index (κ2) is 15.6. The predicted molar refractivity (Wildman–Crippen MR) is 119 cm³/mol.